The molecule has 0 amide bonds. The Morgan fingerprint density at radius 3 is 2.33 bits per heavy atom. The predicted octanol–water partition coefficient (Wildman–Crippen LogP) is 1.43. The maximum atomic E-state index is 4.96. The van der Waals surface area contributed by atoms with E-state index in [-0.39, 0.29) is 6.29 Å². The molecule has 0 aromatic carbocycles. The van der Waals surface area contributed by atoms with Gasteiger partial charge in [-0.25, -0.2) is 0 Å². The largest absolute Gasteiger partial charge is 0.356 e. The van der Waals surface area contributed by atoms with Gasteiger partial charge in [0.25, 0.3) is 0 Å². The molecule has 0 saturated heterocycles. The summed E-state index contributed by atoms with van der Waals surface area (Å²) in [7, 11) is 4.13. The van der Waals surface area contributed by atoms with Crippen LogP contribution in [0.25, 0.3) is 0 Å². The van der Waals surface area contributed by atoms with Crippen LogP contribution in [0, 0.1) is 0 Å². The third-order valence-electron chi connectivity index (χ3n) is 1.00. The molecule has 0 aliphatic rings. The van der Waals surface area contributed by atoms with Crippen LogP contribution in [0.15, 0.2) is 0 Å². The molecule has 0 aliphatic heterocycles. The zero-order valence-electron chi connectivity index (χ0n) is 5.69. The lowest BCUT2D eigenvalue weighted by atomic mass is 10.5. The van der Waals surface area contributed by atoms with Crippen molar-refractivity contribution < 1.29 is 9.47 Å². The van der Waals surface area contributed by atoms with Gasteiger partial charge in [-0.05, 0) is 12.5 Å². The fourth-order valence-corrected chi connectivity index (χ4v) is 1.54. The SMILES string of the molecule is COC(CC[Si]Br)OC. The van der Waals surface area contributed by atoms with Gasteiger partial charge in [-0.2, -0.15) is 0 Å². The van der Waals surface area contributed by atoms with Gasteiger partial charge in [-0.1, -0.05) is 0 Å². The fraction of sp³-hybridized carbons (Fsp3) is 1.00. The molecule has 0 unspecified atom stereocenters. The molecule has 0 atom stereocenters. The monoisotopic (exact) mass is 210 g/mol. The van der Waals surface area contributed by atoms with Crippen molar-refractivity contribution in [3.05, 3.63) is 0 Å². The summed E-state index contributed by atoms with van der Waals surface area (Å²) in [5.74, 6) is 0. The summed E-state index contributed by atoms with van der Waals surface area (Å²) in [6.07, 6.45) is 0.950. The van der Waals surface area contributed by atoms with Gasteiger partial charge in [0.1, 0.15) is 8.14 Å². The molecule has 2 nitrogen and oxygen atoms in total. The third kappa shape index (κ3) is 5.08. The van der Waals surface area contributed by atoms with Crippen molar-refractivity contribution in [3.8, 4) is 0 Å². The summed E-state index contributed by atoms with van der Waals surface area (Å²) in [5, 5.41) is 0. The van der Waals surface area contributed by atoms with E-state index >= 15 is 0 Å². The van der Waals surface area contributed by atoms with Crippen molar-refractivity contribution in [2.75, 3.05) is 14.2 Å². The van der Waals surface area contributed by atoms with E-state index in [2.05, 4.69) is 15.3 Å². The fourth-order valence-electron chi connectivity index (χ4n) is 0.504. The lowest BCUT2D eigenvalue weighted by Crippen LogP contribution is -2.12. The average molecular weight is 211 g/mol. The first-order chi connectivity index (χ1) is 4.35. The van der Waals surface area contributed by atoms with Crippen LogP contribution in [-0.2, 0) is 9.47 Å². The maximum absolute atomic E-state index is 4.96. The van der Waals surface area contributed by atoms with Crippen molar-refractivity contribution in [2.24, 2.45) is 0 Å². The van der Waals surface area contributed by atoms with Crippen LogP contribution in [-0.4, -0.2) is 28.6 Å². The van der Waals surface area contributed by atoms with Gasteiger partial charge in [-0.15, -0.1) is 15.3 Å². The van der Waals surface area contributed by atoms with Crippen molar-refractivity contribution in [1.82, 2.24) is 0 Å². The predicted molar refractivity (Wildman–Crippen MR) is 41.9 cm³/mol. The van der Waals surface area contributed by atoms with Crippen LogP contribution < -0.4 is 0 Å². The highest BCUT2D eigenvalue weighted by molar-refractivity contribution is 9.23. The molecule has 4 heteroatoms. The summed E-state index contributed by atoms with van der Waals surface area (Å²) in [6, 6.07) is 1.12. The number of hydrogen-bond acceptors (Lipinski definition) is 2. The third-order valence-corrected chi connectivity index (χ3v) is 2.67. The Morgan fingerprint density at radius 2 is 2.00 bits per heavy atom. The molecule has 0 N–H and O–H groups in total. The van der Waals surface area contributed by atoms with Crippen molar-refractivity contribution in [3.63, 3.8) is 0 Å². The molecule has 0 aromatic rings. The molecule has 0 heterocycles. The maximum Gasteiger partial charge on any atom is 0.156 e. The Bertz CT molecular complexity index is 58.9. The van der Waals surface area contributed by atoms with E-state index in [1.807, 2.05) is 0 Å². The number of ether oxygens (including phenoxy) is 2. The minimum atomic E-state index is -0.0185. The molecule has 2 radical (unpaired) electrons. The van der Waals surface area contributed by atoms with Gasteiger partial charge in [0, 0.05) is 14.2 Å². The smallest absolute Gasteiger partial charge is 0.156 e. The second-order valence-corrected chi connectivity index (χ2v) is 4.02. The zero-order chi connectivity index (χ0) is 7.11. The minimum absolute atomic E-state index is 0.0185. The molecule has 0 aliphatic carbocycles. The lowest BCUT2D eigenvalue weighted by molar-refractivity contribution is -0.103. The van der Waals surface area contributed by atoms with Crippen LogP contribution in [0.2, 0.25) is 6.04 Å². The first kappa shape index (κ1) is 9.62. The molecule has 0 fully saturated rings. The average Bonchev–Trinajstić information content (AvgIpc) is 1.91. The molecule has 54 valence electrons. The van der Waals surface area contributed by atoms with Crippen LogP contribution in [0.3, 0.4) is 0 Å². The molecule has 9 heavy (non-hydrogen) atoms. The van der Waals surface area contributed by atoms with Crippen LogP contribution in [0.4, 0.5) is 0 Å². The standard InChI is InChI=1S/C5H11BrO2Si/c1-7-5(8-2)3-4-9-6/h5H,3-4H2,1-2H3. The first-order valence-electron chi connectivity index (χ1n) is 2.74. The van der Waals surface area contributed by atoms with Gasteiger partial charge in [0.05, 0.1) is 0 Å². The molecule has 0 rings (SSSR count). The summed E-state index contributed by atoms with van der Waals surface area (Å²) in [6.45, 7) is 0. The van der Waals surface area contributed by atoms with Crippen molar-refractivity contribution >= 4 is 23.4 Å². The highest BCUT2D eigenvalue weighted by Gasteiger charge is 2.02. The Morgan fingerprint density at radius 1 is 1.44 bits per heavy atom. The Kier molecular flexibility index (Phi) is 7.19. The topological polar surface area (TPSA) is 18.5 Å². The van der Waals surface area contributed by atoms with Gasteiger partial charge in [0.2, 0.25) is 0 Å². The van der Waals surface area contributed by atoms with E-state index < -0.39 is 0 Å². The number of hydrogen-bond donors (Lipinski definition) is 0. The van der Waals surface area contributed by atoms with Gasteiger partial charge < -0.3 is 9.47 Å². The quantitative estimate of drug-likeness (QED) is 0.389. The number of halogens is 1. The molecule has 0 bridgehead atoms. The minimum Gasteiger partial charge on any atom is -0.356 e. The Balaban J connectivity index is 3.09. The van der Waals surface area contributed by atoms with Gasteiger partial charge >= 0.3 is 0 Å². The second-order valence-electron chi connectivity index (χ2n) is 1.57. The molecule has 0 aromatic heterocycles. The van der Waals surface area contributed by atoms with E-state index in [1.54, 1.807) is 14.2 Å². The summed E-state index contributed by atoms with van der Waals surface area (Å²) in [5.41, 5.74) is 0. The van der Waals surface area contributed by atoms with E-state index in [4.69, 9.17) is 9.47 Å². The Hall–Kier alpha value is 0.617. The van der Waals surface area contributed by atoms with Gasteiger partial charge in [-0.3, -0.25) is 0 Å². The van der Waals surface area contributed by atoms with E-state index in [0.717, 1.165) is 20.6 Å². The van der Waals surface area contributed by atoms with Crippen molar-refractivity contribution in [2.45, 2.75) is 18.8 Å². The number of rotatable bonds is 5. The second kappa shape index (κ2) is 6.73. The molecule has 0 spiro atoms. The molecular weight excluding hydrogens is 200 g/mol. The van der Waals surface area contributed by atoms with E-state index in [1.165, 1.54) is 0 Å². The first-order valence-corrected chi connectivity index (χ1v) is 6.20. The van der Waals surface area contributed by atoms with Gasteiger partial charge in [0.15, 0.2) is 6.29 Å². The van der Waals surface area contributed by atoms with E-state index in [0.29, 0.717) is 0 Å². The summed E-state index contributed by atoms with van der Waals surface area (Å²) >= 11 is 3.35. The van der Waals surface area contributed by atoms with E-state index in [9.17, 15) is 0 Å². The van der Waals surface area contributed by atoms with Crippen molar-refractivity contribution in [1.29, 1.82) is 0 Å². The summed E-state index contributed by atoms with van der Waals surface area (Å²) < 4.78 is 9.93. The highest BCUT2D eigenvalue weighted by atomic mass is 79.9. The highest BCUT2D eigenvalue weighted by Crippen LogP contribution is 2.02. The molecule has 0 saturated carbocycles. The van der Waals surface area contributed by atoms with Crippen LogP contribution >= 0.6 is 15.3 Å². The van der Waals surface area contributed by atoms with Crippen LogP contribution in [0.5, 0.6) is 0 Å². The lowest BCUT2D eigenvalue weighted by Gasteiger charge is -2.10. The Labute approximate surface area is 66.3 Å². The normalized spacial score (nSPS) is 10.7. The zero-order valence-corrected chi connectivity index (χ0v) is 8.27. The number of methoxy groups -OCH3 is 2. The molecular formula is C5H11BrO2Si. The van der Waals surface area contributed by atoms with Crippen LogP contribution in [0.1, 0.15) is 6.42 Å². The summed E-state index contributed by atoms with van der Waals surface area (Å²) in [4.78, 5) is 0.